The molecule has 1 amide bonds. The summed E-state index contributed by atoms with van der Waals surface area (Å²) in [6, 6.07) is 2.60. The summed E-state index contributed by atoms with van der Waals surface area (Å²) in [5.74, 6) is -0.159. The molecule has 2 heterocycles. The van der Waals surface area contributed by atoms with Crippen LogP contribution >= 0.6 is 11.6 Å². The fourth-order valence-electron chi connectivity index (χ4n) is 2.24. The maximum Gasteiger partial charge on any atom is 0.406 e. The number of hydrogen-bond acceptors (Lipinski definition) is 3. The van der Waals surface area contributed by atoms with Gasteiger partial charge in [0.2, 0.25) is 5.91 Å². The molecule has 1 unspecified atom stereocenters. The molecule has 1 aliphatic heterocycles. The van der Waals surface area contributed by atoms with Crippen molar-refractivity contribution in [3.05, 3.63) is 23.4 Å². The van der Waals surface area contributed by atoms with Crippen LogP contribution in [-0.2, 0) is 4.79 Å². The molecule has 0 saturated carbocycles. The number of pyridine rings is 1. The summed E-state index contributed by atoms with van der Waals surface area (Å²) in [5.41, 5.74) is 0. The standard InChI is InChI=1S/C12H13ClF3N3O/c1-18(10-8(13)3-2-5-17-10)9-4-6-19(11(9)20)7-12(14,15)16/h2-3,5,9H,4,6-7H2,1H3. The molecule has 8 heteroatoms. The minimum atomic E-state index is -4.38. The lowest BCUT2D eigenvalue weighted by atomic mass is 10.2. The number of halogens is 4. The second kappa shape index (κ2) is 5.47. The quantitative estimate of drug-likeness (QED) is 0.860. The second-order valence-electron chi connectivity index (χ2n) is 4.60. The third-order valence-electron chi connectivity index (χ3n) is 3.18. The number of amides is 1. The number of alkyl halides is 3. The lowest BCUT2D eigenvalue weighted by Gasteiger charge is -2.25. The number of carbonyl (C=O) groups excluding carboxylic acids is 1. The predicted octanol–water partition coefficient (Wildman–Crippen LogP) is 2.33. The summed E-state index contributed by atoms with van der Waals surface area (Å²) in [6.07, 6.45) is -2.55. The Morgan fingerprint density at radius 3 is 2.85 bits per heavy atom. The van der Waals surface area contributed by atoms with E-state index >= 15 is 0 Å². The Morgan fingerprint density at radius 2 is 2.25 bits per heavy atom. The molecule has 0 bridgehead atoms. The molecule has 1 aliphatic rings. The summed E-state index contributed by atoms with van der Waals surface area (Å²) < 4.78 is 37.1. The Morgan fingerprint density at radius 1 is 1.55 bits per heavy atom. The van der Waals surface area contributed by atoms with Crippen LogP contribution in [0.15, 0.2) is 18.3 Å². The van der Waals surface area contributed by atoms with E-state index in [-0.39, 0.29) is 6.54 Å². The van der Waals surface area contributed by atoms with Crippen molar-refractivity contribution in [2.45, 2.75) is 18.6 Å². The number of anilines is 1. The minimum Gasteiger partial charge on any atom is -0.346 e. The maximum absolute atomic E-state index is 12.4. The van der Waals surface area contributed by atoms with Gasteiger partial charge in [-0.05, 0) is 18.6 Å². The SMILES string of the molecule is CN(c1ncccc1Cl)C1CCN(CC(F)(F)F)C1=O. The molecule has 1 aromatic heterocycles. The molecular formula is C12H13ClF3N3O. The molecule has 0 spiro atoms. The van der Waals surface area contributed by atoms with Gasteiger partial charge in [0.1, 0.15) is 18.4 Å². The van der Waals surface area contributed by atoms with E-state index in [1.165, 1.54) is 11.1 Å². The van der Waals surface area contributed by atoms with Crippen molar-refractivity contribution in [2.24, 2.45) is 0 Å². The van der Waals surface area contributed by atoms with E-state index in [0.29, 0.717) is 17.3 Å². The first-order chi connectivity index (χ1) is 9.29. The first-order valence-electron chi connectivity index (χ1n) is 5.98. The molecule has 0 N–H and O–H groups in total. The average molecular weight is 308 g/mol. The Kier molecular flexibility index (Phi) is 4.08. The highest BCUT2D eigenvalue weighted by molar-refractivity contribution is 6.33. The molecule has 1 saturated heterocycles. The van der Waals surface area contributed by atoms with Gasteiger partial charge in [0, 0.05) is 19.8 Å². The van der Waals surface area contributed by atoms with Crippen LogP contribution in [0.2, 0.25) is 5.02 Å². The van der Waals surface area contributed by atoms with Gasteiger partial charge < -0.3 is 9.80 Å². The van der Waals surface area contributed by atoms with Gasteiger partial charge in [-0.25, -0.2) is 4.98 Å². The molecule has 0 aliphatic carbocycles. The normalized spacial score (nSPS) is 19.6. The van der Waals surface area contributed by atoms with Gasteiger partial charge in [0.15, 0.2) is 0 Å². The van der Waals surface area contributed by atoms with Crippen molar-refractivity contribution in [2.75, 3.05) is 25.0 Å². The van der Waals surface area contributed by atoms with Crippen LogP contribution < -0.4 is 4.90 Å². The zero-order chi connectivity index (χ0) is 14.9. The van der Waals surface area contributed by atoms with Crippen molar-refractivity contribution in [1.29, 1.82) is 0 Å². The largest absolute Gasteiger partial charge is 0.406 e. The van der Waals surface area contributed by atoms with Gasteiger partial charge in [-0.3, -0.25) is 4.79 Å². The second-order valence-corrected chi connectivity index (χ2v) is 5.01. The Bertz CT molecular complexity index is 509. The van der Waals surface area contributed by atoms with Crippen molar-refractivity contribution in [3.63, 3.8) is 0 Å². The van der Waals surface area contributed by atoms with Crippen molar-refractivity contribution >= 4 is 23.3 Å². The van der Waals surface area contributed by atoms with E-state index < -0.39 is 24.7 Å². The van der Waals surface area contributed by atoms with Gasteiger partial charge in [0.05, 0.1) is 5.02 Å². The molecule has 1 aromatic rings. The summed E-state index contributed by atoms with van der Waals surface area (Å²) in [4.78, 5) is 18.4. The number of aromatic nitrogens is 1. The third-order valence-corrected chi connectivity index (χ3v) is 3.48. The van der Waals surface area contributed by atoms with E-state index in [1.807, 2.05) is 0 Å². The molecule has 110 valence electrons. The molecule has 2 rings (SSSR count). The first-order valence-corrected chi connectivity index (χ1v) is 6.36. The summed E-state index contributed by atoms with van der Waals surface area (Å²) >= 11 is 5.98. The van der Waals surface area contributed by atoms with Crippen LogP contribution in [0.25, 0.3) is 0 Å². The van der Waals surface area contributed by atoms with Crippen LogP contribution in [0.1, 0.15) is 6.42 Å². The van der Waals surface area contributed by atoms with Gasteiger partial charge in [-0.2, -0.15) is 13.2 Å². The van der Waals surface area contributed by atoms with Crippen LogP contribution in [0.5, 0.6) is 0 Å². The van der Waals surface area contributed by atoms with Crippen LogP contribution in [0.4, 0.5) is 19.0 Å². The number of rotatable bonds is 3. The summed E-state index contributed by atoms with van der Waals surface area (Å²) in [7, 11) is 1.61. The summed E-state index contributed by atoms with van der Waals surface area (Å²) in [6.45, 7) is -1.13. The van der Waals surface area contributed by atoms with Crippen molar-refractivity contribution in [3.8, 4) is 0 Å². The lowest BCUT2D eigenvalue weighted by Crippen LogP contribution is -2.43. The van der Waals surface area contributed by atoms with Crippen LogP contribution in [-0.4, -0.2) is 48.1 Å². The highest BCUT2D eigenvalue weighted by atomic mass is 35.5. The number of likely N-dealkylation sites (N-methyl/N-ethyl adjacent to an activating group) is 1. The fourth-order valence-corrected chi connectivity index (χ4v) is 2.49. The highest BCUT2D eigenvalue weighted by Crippen LogP contribution is 2.28. The van der Waals surface area contributed by atoms with Gasteiger partial charge in [-0.15, -0.1) is 0 Å². The fraction of sp³-hybridized carbons (Fsp3) is 0.500. The lowest BCUT2D eigenvalue weighted by molar-refractivity contribution is -0.157. The zero-order valence-electron chi connectivity index (χ0n) is 10.7. The van der Waals surface area contributed by atoms with E-state index in [2.05, 4.69) is 4.98 Å². The Labute approximate surface area is 119 Å². The Hall–Kier alpha value is -1.50. The van der Waals surface area contributed by atoms with Crippen molar-refractivity contribution in [1.82, 2.24) is 9.88 Å². The summed E-state index contributed by atoms with van der Waals surface area (Å²) in [5, 5.41) is 0.358. The monoisotopic (exact) mass is 307 g/mol. The third kappa shape index (κ3) is 3.15. The van der Waals surface area contributed by atoms with Crippen molar-refractivity contribution < 1.29 is 18.0 Å². The van der Waals surface area contributed by atoms with E-state index in [0.717, 1.165) is 4.90 Å². The minimum absolute atomic E-state index is 0.0812. The number of hydrogen-bond donors (Lipinski definition) is 0. The van der Waals surface area contributed by atoms with Gasteiger partial charge in [0.25, 0.3) is 0 Å². The molecule has 1 fully saturated rings. The smallest absolute Gasteiger partial charge is 0.346 e. The molecule has 0 aromatic carbocycles. The molecule has 20 heavy (non-hydrogen) atoms. The topological polar surface area (TPSA) is 36.4 Å². The van der Waals surface area contributed by atoms with E-state index in [4.69, 9.17) is 11.6 Å². The molecular weight excluding hydrogens is 295 g/mol. The number of likely N-dealkylation sites (tertiary alicyclic amines) is 1. The molecule has 4 nitrogen and oxygen atoms in total. The van der Waals surface area contributed by atoms with E-state index in [9.17, 15) is 18.0 Å². The van der Waals surface area contributed by atoms with Gasteiger partial charge >= 0.3 is 6.18 Å². The number of carbonyl (C=O) groups is 1. The van der Waals surface area contributed by atoms with Gasteiger partial charge in [-0.1, -0.05) is 11.6 Å². The average Bonchev–Trinajstić information content (AvgIpc) is 2.69. The highest BCUT2D eigenvalue weighted by Gasteiger charge is 2.41. The first kappa shape index (κ1) is 14.9. The molecule has 1 atom stereocenters. The zero-order valence-corrected chi connectivity index (χ0v) is 11.4. The van der Waals surface area contributed by atoms with Crippen LogP contribution in [0.3, 0.4) is 0 Å². The van der Waals surface area contributed by atoms with Crippen LogP contribution in [0, 0.1) is 0 Å². The molecule has 0 radical (unpaired) electrons. The number of nitrogens with zero attached hydrogens (tertiary/aromatic N) is 3. The maximum atomic E-state index is 12.4. The predicted molar refractivity (Wildman–Crippen MR) is 68.7 cm³/mol. The Balaban J connectivity index is 2.12. The van der Waals surface area contributed by atoms with E-state index in [1.54, 1.807) is 19.2 Å².